The van der Waals surface area contributed by atoms with E-state index in [-0.39, 0.29) is 44.1 Å². The molecule has 1 aliphatic carbocycles. The second-order valence-electron chi connectivity index (χ2n) is 34.6. The monoisotopic (exact) mass is 1330 g/mol. The molecule has 1 saturated carbocycles. The number of benzene rings is 5. The highest BCUT2D eigenvalue weighted by Crippen LogP contribution is 2.46. The second-order valence-corrected chi connectivity index (χ2v) is 34.6. The van der Waals surface area contributed by atoms with Gasteiger partial charge in [-0.3, -0.25) is 15.3 Å². The Morgan fingerprint density at radius 3 is 1.30 bits per heavy atom. The van der Waals surface area contributed by atoms with Crippen molar-refractivity contribution in [2.75, 3.05) is 40.8 Å². The first-order valence-corrected chi connectivity index (χ1v) is 36.0. The van der Waals surface area contributed by atoms with E-state index >= 15 is 0 Å². The van der Waals surface area contributed by atoms with E-state index in [9.17, 15) is 8.78 Å². The summed E-state index contributed by atoms with van der Waals surface area (Å²) >= 11 is 0. The van der Waals surface area contributed by atoms with Crippen LogP contribution in [0.1, 0.15) is 264 Å². The van der Waals surface area contributed by atoms with Crippen molar-refractivity contribution >= 4 is 5.71 Å². The van der Waals surface area contributed by atoms with Crippen LogP contribution in [0.2, 0.25) is 0 Å². The van der Waals surface area contributed by atoms with E-state index in [0.29, 0.717) is 17.4 Å². The van der Waals surface area contributed by atoms with Crippen LogP contribution in [0.25, 0.3) is 0 Å². The van der Waals surface area contributed by atoms with Crippen molar-refractivity contribution in [3.8, 4) is 0 Å². The number of likely N-dealkylation sites (tertiary alicyclic amines) is 1. The van der Waals surface area contributed by atoms with Gasteiger partial charge in [-0.05, 0) is 208 Å². The minimum Gasteiger partial charge on any atom is -0.316 e. The van der Waals surface area contributed by atoms with E-state index in [1.54, 1.807) is 17.7 Å². The Kier molecular flexibility index (Phi) is 33.8. The van der Waals surface area contributed by atoms with Gasteiger partial charge in [0.2, 0.25) is 0 Å². The first-order chi connectivity index (χ1) is 44.9. The molecule has 7 nitrogen and oxygen atoms in total. The minimum atomic E-state index is -0.131. The lowest BCUT2D eigenvalue weighted by Gasteiger charge is -2.48. The highest BCUT2D eigenvalue weighted by atomic mass is 19.1. The second kappa shape index (κ2) is 38.5. The first kappa shape index (κ1) is 85.1. The van der Waals surface area contributed by atoms with E-state index in [4.69, 9.17) is 0 Å². The zero-order valence-corrected chi connectivity index (χ0v) is 65.9. The van der Waals surface area contributed by atoms with Crippen LogP contribution in [0.15, 0.2) is 163 Å². The Bertz CT molecular complexity index is 3280. The molecule has 3 heterocycles. The number of hydrazone groups is 1. The van der Waals surface area contributed by atoms with Crippen LogP contribution in [-0.4, -0.2) is 56.4 Å². The van der Waals surface area contributed by atoms with Gasteiger partial charge in [0.25, 0.3) is 0 Å². The van der Waals surface area contributed by atoms with Crippen LogP contribution in [-0.2, 0) is 52.1 Å². The lowest BCUT2D eigenvalue weighted by molar-refractivity contribution is 0.0276. The molecule has 0 bridgehead atoms. The summed E-state index contributed by atoms with van der Waals surface area (Å²) < 4.78 is 27.1. The first-order valence-electron chi connectivity index (χ1n) is 36.0. The summed E-state index contributed by atoms with van der Waals surface area (Å²) in [6.07, 6.45) is 17.3. The molecule has 97 heavy (non-hydrogen) atoms. The maximum Gasteiger partial charge on any atom is 0.127 e. The summed E-state index contributed by atoms with van der Waals surface area (Å²) in [5.74, 6) is 0.616. The number of nitrogens with one attached hydrogen (secondary N) is 4. The van der Waals surface area contributed by atoms with Crippen molar-refractivity contribution in [2.45, 2.75) is 262 Å². The molecule has 1 aromatic heterocycles. The van der Waals surface area contributed by atoms with Crippen LogP contribution in [0.4, 0.5) is 8.78 Å². The molecular weight excluding hydrogens is 1190 g/mol. The van der Waals surface area contributed by atoms with Crippen LogP contribution >= 0.6 is 0 Å². The Balaban J connectivity index is 0.000000297. The smallest absolute Gasteiger partial charge is 0.127 e. The molecule has 1 saturated heterocycles. The van der Waals surface area contributed by atoms with Crippen molar-refractivity contribution in [1.82, 2.24) is 31.3 Å². The van der Waals surface area contributed by atoms with E-state index in [2.05, 4.69) is 252 Å². The fraction of sp³-hybridized carbons (Fsp3) is 0.545. The molecule has 4 N–H and O–H groups in total. The zero-order valence-electron chi connectivity index (χ0n) is 65.9. The molecule has 0 radical (unpaired) electrons. The Hall–Kier alpha value is -6.10. The van der Waals surface area contributed by atoms with Crippen molar-refractivity contribution in [3.63, 3.8) is 0 Å². The third-order valence-electron chi connectivity index (χ3n) is 18.9. The van der Waals surface area contributed by atoms with Gasteiger partial charge in [0.1, 0.15) is 11.6 Å². The number of pyridine rings is 1. The highest BCUT2D eigenvalue weighted by molar-refractivity contribution is 5.97. The minimum absolute atomic E-state index is 0.106. The number of aryl methyl sites for hydroxylation is 1. The Morgan fingerprint density at radius 2 is 0.897 bits per heavy atom. The summed E-state index contributed by atoms with van der Waals surface area (Å²) in [6.45, 7) is 60.2. The number of halogens is 2. The van der Waals surface area contributed by atoms with Gasteiger partial charge in [-0.1, -0.05) is 281 Å². The molecule has 3 aliphatic rings. The number of hydrogen-bond donors (Lipinski definition) is 4. The summed E-state index contributed by atoms with van der Waals surface area (Å²) in [5, 5.41) is 13.5. The quantitative estimate of drug-likeness (QED) is 0.116. The van der Waals surface area contributed by atoms with Crippen molar-refractivity contribution in [3.05, 3.63) is 231 Å². The van der Waals surface area contributed by atoms with Crippen LogP contribution in [0.5, 0.6) is 0 Å². The van der Waals surface area contributed by atoms with Gasteiger partial charge >= 0.3 is 0 Å². The number of nitrogens with zero attached hydrogens (tertiary/aromatic N) is 3. The largest absolute Gasteiger partial charge is 0.316 e. The van der Waals surface area contributed by atoms with Gasteiger partial charge < -0.3 is 16.0 Å². The van der Waals surface area contributed by atoms with Crippen molar-refractivity contribution in [2.24, 2.45) is 15.9 Å². The molecule has 2 aliphatic heterocycles. The Morgan fingerprint density at radius 1 is 0.485 bits per heavy atom. The molecule has 0 amide bonds. The van der Waals surface area contributed by atoms with E-state index < -0.39 is 0 Å². The molecule has 6 aromatic rings. The van der Waals surface area contributed by atoms with Crippen molar-refractivity contribution < 1.29 is 8.78 Å². The van der Waals surface area contributed by atoms with Gasteiger partial charge in [-0.15, -0.1) is 0 Å². The van der Waals surface area contributed by atoms with Gasteiger partial charge in [-0.2, -0.15) is 5.10 Å². The topological polar surface area (TPSA) is 76.6 Å². The van der Waals surface area contributed by atoms with Gasteiger partial charge in [0.05, 0.1) is 5.71 Å². The van der Waals surface area contributed by atoms with E-state index in [1.165, 1.54) is 91.4 Å². The van der Waals surface area contributed by atoms with E-state index in [0.717, 1.165) is 59.2 Å². The normalized spacial score (nSPS) is 15.3. The summed E-state index contributed by atoms with van der Waals surface area (Å²) in [4.78, 5) is 6.47. The molecule has 2 fully saturated rings. The number of aromatic nitrogens is 1. The molecule has 536 valence electrons. The number of piperidine rings is 1. The SMILES string of the molecule is C=C1C=CC(CN2CCC(C)(C(C)(C)C)CC2)=NN1.CC(C)(C)c1ccc(C2CCCCC2)cc1.CC(C)(C)c1ccncc1.CNCc1ccc(C(C)(C)C)c(F)c1.CNCc1ccc(C(C)(C)C)cc1.CNCc1ccc(F)c(C(C)(C)C)c1.Cc1ccc(C(C)(C)C)cc1. The third kappa shape index (κ3) is 30.9. The number of allylic oxidation sites excluding steroid dienone is 1. The predicted octanol–water partition coefficient (Wildman–Crippen LogP) is 22.3. The van der Waals surface area contributed by atoms with E-state index in [1.807, 2.05) is 105 Å². The fourth-order valence-corrected chi connectivity index (χ4v) is 11.6. The van der Waals surface area contributed by atoms with Gasteiger partial charge in [-0.25, -0.2) is 8.78 Å². The average molecular weight is 1330 g/mol. The predicted molar refractivity (Wildman–Crippen MR) is 420 cm³/mol. The van der Waals surface area contributed by atoms with Gasteiger partial charge in [0, 0.05) is 44.3 Å². The highest BCUT2D eigenvalue weighted by Gasteiger charge is 2.40. The molecule has 0 atom stereocenters. The standard InChI is InChI=1S/C16H27N3.C16H24.2C12H18FN.C12H19N.C11H16.C9H13N/c1-13-6-7-14(18-17-13)12-19-10-8-16(5,9-11-19)15(2,3)4;1-16(2,3)15-11-9-14(10-12-15)13-7-5-4-6-8-13;1-12(2,3)10-7-9(8-14-4)5-6-11(10)13;1-12(2,3)10-6-5-9(8-14-4)7-11(10)13;1-12(2,3)11-7-5-10(6-8-11)9-13-4;1-9-5-7-10(8-6-9)11(2,3)4;1-9(2,3)8-4-6-10-7-5-8/h6-7,17H,1,8-12H2,2-5H3;9-13H,4-8H2,1-3H3;2*5-7,14H,8H2,1-4H3;5-8,13H,9H2,1-4H3;5-8H,1-4H3;4-7H,1-3H3. The Labute approximate surface area is 592 Å². The summed E-state index contributed by atoms with van der Waals surface area (Å²) in [7, 11) is 5.72. The van der Waals surface area contributed by atoms with Gasteiger partial charge in [0.15, 0.2) is 0 Å². The number of rotatable bonds is 9. The fourth-order valence-electron chi connectivity index (χ4n) is 11.6. The molecule has 5 aromatic carbocycles. The lowest BCUT2D eigenvalue weighted by atomic mass is 9.63. The average Bonchev–Trinajstić information content (AvgIpc) is 0.808. The summed E-state index contributed by atoms with van der Waals surface area (Å²) in [5.41, 5.74) is 20.1. The molecule has 9 heteroatoms. The lowest BCUT2D eigenvalue weighted by Crippen LogP contribution is -2.46. The van der Waals surface area contributed by atoms with Crippen LogP contribution < -0.4 is 21.4 Å². The maximum atomic E-state index is 13.6. The van der Waals surface area contributed by atoms with Crippen molar-refractivity contribution in [1.29, 1.82) is 0 Å². The van der Waals surface area contributed by atoms with Crippen LogP contribution in [0.3, 0.4) is 0 Å². The molecule has 0 spiro atoms. The number of hydrogen-bond acceptors (Lipinski definition) is 7. The third-order valence-corrected chi connectivity index (χ3v) is 18.9. The zero-order chi connectivity index (χ0) is 73.2. The van der Waals surface area contributed by atoms with Crippen LogP contribution in [0, 0.1) is 29.4 Å². The molecule has 0 unspecified atom stereocenters. The summed E-state index contributed by atoms with van der Waals surface area (Å²) in [6, 6.07) is 41.8. The maximum absolute atomic E-state index is 13.6. The molecule has 9 rings (SSSR count). The molecular formula is C88H135F2N7.